The number of furan rings is 1. The van der Waals surface area contributed by atoms with Crippen molar-refractivity contribution in [3.63, 3.8) is 0 Å². The van der Waals surface area contributed by atoms with Gasteiger partial charge in [-0.1, -0.05) is 147 Å². The van der Waals surface area contributed by atoms with E-state index < -0.39 is 8.07 Å². The SMILES string of the molecule is C[Si](C)(C)c1cnc(-c2[c-]cccc2)cc1CC1CCCC1.Cc1cc(-c2[c-]ccc3c2oc2cccc(-c4ccccc4)c23)ncc1-c1ccccc1.[Ir]. The summed E-state index contributed by atoms with van der Waals surface area (Å²) >= 11 is 0. The van der Waals surface area contributed by atoms with Gasteiger partial charge in [-0.15, -0.1) is 54.1 Å². The first-order valence-corrected chi connectivity index (χ1v) is 22.7. The van der Waals surface area contributed by atoms with Crippen molar-refractivity contribution in [1.82, 2.24) is 9.97 Å². The van der Waals surface area contributed by atoms with E-state index >= 15 is 0 Å². The second kappa shape index (κ2) is 16.8. The molecule has 3 aromatic heterocycles. The summed E-state index contributed by atoms with van der Waals surface area (Å²) in [6.07, 6.45) is 11.0. The van der Waals surface area contributed by atoms with Crippen LogP contribution in [-0.2, 0) is 26.5 Å². The van der Waals surface area contributed by atoms with Crippen LogP contribution in [0.4, 0.5) is 0 Å². The van der Waals surface area contributed by atoms with Crippen LogP contribution in [0.2, 0.25) is 19.6 Å². The Balaban J connectivity index is 0.000000178. The van der Waals surface area contributed by atoms with Gasteiger partial charge in [0.15, 0.2) is 0 Å². The van der Waals surface area contributed by atoms with Crippen LogP contribution in [0.5, 0.6) is 0 Å². The topological polar surface area (TPSA) is 38.9 Å². The Morgan fingerprint density at radius 1 is 0.691 bits per heavy atom. The first kappa shape index (κ1) is 38.3. The number of nitrogens with zero attached hydrogens (tertiary/aromatic N) is 2. The fourth-order valence-corrected chi connectivity index (χ4v) is 9.61. The number of pyridine rings is 2. The van der Waals surface area contributed by atoms with Crippen LogP contribution in [0.1, 0.15) is 36.8 Å². The molecule has 277 valence electrons. The molecule has 5 aromatic carbocycles. The molecule has 0 spiro atoms. The Kier molecular flexibility index (Phi) is 11.7. The Labute approximate surface area is 340 Å². The van der Waals surface area contributed by atoms with Gasteiger partial charge >= 0.3 is 0 Å². The zero-order valence-electron chi connectivity index (χ0n) is 32.0. The van der Waals surface area contributed by atoms with E-state index in [0.29, 0.717) is 0 Å². The minimum absolute atomic E-state index is 0. The Hall–Kier alpha value is -4.93. The molecule has 1 saturated carbocycles. The number of hydrogen-bond donors (Lipinski definition) is 0. The first-order chi connectivity index (χ1) is 26.3. The first-order valence-electron chi connectivity index (χ1n) is 19.2. The molecule has 1 aliphatic rings. The average molecular weight is 911 g/mol. The summed E-state index contributed by atoms with van der Waals surface area (Å²) in [6, 6.07) is 50.4. The van der Waals surface area contributed by atoms with E-state index in [1.54, 1.807) is 10.8 Å². The summed E-state index contributed by atoms with van der Waals surface area (Å²) in [4.78, 5) is 9.55. The Morgan fingerprint density at radius 3 is 2.05 bits per heavy atom. The van der Waals surface area contributed by atoms with Gasteiger partial charge in [-0.2, -0.15) is 0 Å². The molecule has 1 aliphatic carbocycles. The van der Waals surface area contributed by atoms with E-state index in [1.165, 1.54) is 54.4 Å². The van der Waals surface area contributed by atoms with Crippen molar-refractivity contribution in [2.24, 2.45) is 5.92 Å². The molecule has 0 unspecified atom stereocenters. The van der Waals surface area contributed by atoms with Gasteiger partial charge in [-0.3, -0.25) is 0 Å². The standard InChI is InChI=1S/C30H20NO.C20H26NSi.Ir/c1-20-18-27(31-19-26(20)22-12-6-3-7-13-22)24-15-8-16-25-29-23(21-10-4-2-5-11-21)14-9-17-28(29)32-30(24)25;1-22(2,3)20-15-21-19(17-11-5-4-6-12-17)14-18(20)13-16-9-7-8-10-16;/h2-14,16-19H,1H3;4-6,11,14-16H,7-10,13H2,1-3H3;/q2*-1;. The molecule has 0 saturated heterocycles. The van der Waals surface area contributed by atoms with Crippen LogP contribution in [-0.4, -0.2) is 18.0 Å². The third-order valence-corrected chi connectivity index (χ3v) is 12.8. The maximum absolute atomic E-state index is 6.38. The van der Waals surface area contributed by atoms with Crippen molar-refractivity contribution in [3.05, 3.63) is 163 Å². The summed E-state index contributed by atoms with van der Waals surface area (Å²) < 4.78 is 6.38. The van der Waals surface area contributed by atoms with Crippen LogP contribution in [0.25, 0.3) is 66.7 Å². The van der Waals surface area contributed by atoms with Crippen LogP contribution in [0.3, 0.4) is 0 Å². The van der Waals surface area contributed by atoms with Crippen molar-refractivity contribution in [3.8, 4) is 44.8 Å². The third kappa shape index (κ3) is 8.35. The number of rotatable bonds is 7. The molecule has 0 N–H and O–H groups in total. The molecule has 0 aliphatic heterocycles. The molecule has 5 heteroatoms. The molecular weight excluding hydrogens is 865 g/mol. The Morgan fingerprint density at radius 2 is 1.38 bits per heavy atom. The zero-order chi connectivity index (χ0) is 37.1. The minimum Gasteiger partial charge on any atom is -0.501 e. The summed E-state index contributed by atoms with van der Waals surface area (Å²) in [6.45, 7) is 9.41. The molecular formula is C50H46IrN2OSi-2. The van der Waals surface area contributed by atoms with E-state index in [1.807, 2.05) is 48.7 Å². The fourth-order valence-electron chi connectivity index (χ4n) is 8.02. The van der Waals surface area contributed by atoms with E-state index in [4.69, 9.17) is 14.4 Å². The molecule has 1 radical (unpaired) electrons. The normalized spacial score (nSPS) is 13.0. The molecule has 1 fully saturated rings. The predicted octanol–water partition coefficient (Wildman–Crippen LogP) is 12.9. The van der Waals surface area contributed by atoms with Crippen LogP contribution < -0.4 is 5.19 Å². The van der Waals surface area contributed by atoms with Crippen molar-refractivity contribution in [2.75, 3.05) is 0 Å². The molecule has 3 nitrogen and oxygen atoms in total. The number of aromatic nitrogens is 2. The summed E-state index contributed by atoms with van der Waals surface area (Å²) in [7, 11) is -1.35. The maximum atomic E-state index is 6.38. The average Bonchev–Trinajstić information content (AvgIpc) is 3.87. The second-order valence-corrected chi connectivity index (χ2v) is 20.6. The van der Waals surface area contributed by atoms with E-state index in [-0.39, 0.29) is 20.1 Å². The van der Waals surface area contributed by atoms with Crippen molar-refractivity contribution in [2.45, 2.75) is 58.7 Å². The molecule has 0 atom stereocenters. The fraction of sp³-hybridized carbons (Fsp3) is 0.200. The van der Waals surface area contributed by atoms with Crippen LogP contribution in [0, 0.1) is 25.0 Å². The van der Waals surface area contributed by atoms with Crippen molar-refractivity contribution < 1.29 is 24.5 Å². The zero-order valence-corrected chi connectivity index (χ0v) is 35.4. The van der Waals surface area contributed by atoms with Crippen molar-refractivity contribution >= 4 is 35.2 Å². The number of benzene rings is 5. The van der Waals surface area contributed by atoms with Gasteiger partial charge in [0.1, 0.15) is 5.58 Å². The van der Waals surface area contributed by atoms with Crippen LogP contribution >= 0.6 is 0 Å². The van der Waals surface area contributed by atoms with Gasteiger partial charge in [0.05, 0.1) is 13.7 Å². The van der Waals surface area contributed by atoms with Gasteiger partial charge < -0.3 is 14.4 Å². The van der Waals surface area contributed by atoms with Gasteiger partial charge in [0.2, 0.25) is 0 Å². The van der Waals surface area contributed by atoms with Gasteiger partial charge in [0.25, 0.3) is 0 Å². The summed E-state index contributed by atoms with van der Waals surface area (Å²) in [5, 5.41) is 3.75. The van der Waals surface area contributed by atoms with Gasteiger partial charge in [-0.05, 0) is 64.2 Å². The van der Waals surface area contributed by atoms with Gasteiger partial charge in [-0.25, -0.2) is 0 Å². The predicted molar refractivity (Wildman–Crippen MR) is 229 cm³/mol. The summed E-state index contributed by atoms with van der Waals surface area (Å²) in [5.74, 6) is 0.880. The molecule has 0 bridgehead atoms. The van der Waals surface area contributed by atoms with Crippen LogP contribution in [0.15, 0.2) is 144 Å². The van der Waals surface area contributed by atoms with E-state index in [2.05, 4.69) is 130 Å². The minimum atomic E-state index is -1.35. The molecule has 3 heterocycles. The number of fused-ring (bicyclic) bond motifs is 3. The summed E-state index contributed by atoms with van der Waals surface area (Å²) in [5.41, 5.74) is 13.0. The third-order valence-electron chi connectivity index (χ3n) is 10.8. The molecule has 55 heavy (non-hydrogen) atoms. The van der Waals surface area contributed by atoms with Crippen molar-refractivity contribution in [1.29, 1.82) is 0 Å². The molecule has 8 aromatic rings. The molecule has 0 amide bonds. The van der Waals surface area contributed by atoms with Gasteiger partial charge in [0, 0.05) is 43.4 Å². The smallest absolute Gasteiger partial charge is 0.121 e. The Bertz CT molecular complexity index is 2520. The quantitative estimate of drug-likeness (QED) is 0.118. The largest absolute Gasteiger partial charge is 0.501 e. The molecule has 9 rings (SSSR count). The number of aryl methyl sites for hydroxylation is 1. The maximum Gasteiger partial charge on any atom is 0.121 e. The monoisotopic (exact) mass is 911 g/mol. The van der Waals surface area contributed by atoms with E-state index in [9.17, 15) is 0 Å². The number of hydrogen-bond acceptors (Lipinski definition) is 3. The van der Waals surface area contributed by atoms with E-state index in [0.717, 1.165) is 55.9 Å². The second-order valence-electron chi connectivity index (χ2n) is 15.6.